The molecule has 0 bridgehead atoms. The molecule has 4 rings (SSSR count). The van der Waals surface area contributed by atoms with Crippen molar-refractivity contribution in [2.24, 2.45) is 17.3 Å². The lowest BCUT2D eigenvalue weighted by molar-refractivity contribution is -0.156. The van der Waals surface area contributed by atoms with Gasteiger partial charge in [0.15, 0.2) is 6.73 Å². The molecule has 1 aliphatic heterocycles. The number of Topliss-reactive ketones (excluding diaryl/α,β-unsaturated/α-hetero) is 1. The van der Waals surface area contributed by atoms with E-state index < -0.39 is 17.1 Å². The number of likely N-dealkylation sites (N-methyl/N-ethyl adjacent to an activating group) is 1. The van der Waals surface area contributed by atoms with Gasteiger partial charge >= 0.3 is 5.97 Å². The molecule has 3 aromatic rings. The molecular formula is C34H42FN3O5. The van der Waals surface area contributed by atoms with Crippen LogP contribution in [0.3, 0.4) is 0 Å². The summed E-state index contributed by atoms with van der Waals surface area (Å²) in [6.45, 7) is 11.7. The van der Waals surface area contributed by atoms with E-state index in [0.717, 1.165) is 18.4 Å². The molecule has 0 aliphatic carbocycles. The standard InChI is InChI=1S/C34H42FN3O5/c1-20-18-37(21(2)15-25(20)16-23-9-12-26(35)13-10-23)31(40)29-22(3)38(19-43-33(42)34(4,5)6)28-14-11-24(17-27(28)29)30(39)32(41)36(7)8/h9-14,17,20-21,25H,15-16,18-19H2,1-8H3/t20-,21+,25?/m0/s1. The fourth-order valence-corrected chi connectivity index (χ4v) is 5.80. The Labute approximate surface area is 252 Å². The topological polar surface area (TPSA) is 88.9 Å². The van der Waals surface area contributed by atoms with Gasteiger partial charge in [-0.15, -0.1) is 0 Å². The molecule has 43 heavy (non-hydrogen) atoms. The number of carbonyl (C=O) groups is 4. The zero-order valence-corrected chi connectivity index (χ0v) is 26.4. The van der Waals surface area contributed by atoms with Crippen LogP contribution in [0.2, 0.25) is 0 Å². The quantitative estimate of drug-likeness (QED) is 0.202. The highest BCUT2D eigenvalue weighted by atomic mass is 19.1. The lowest BCUT2D eigenvalue weighted by Gasteiger charge is -2.42. The molecule has 0 spiro atoms. The number of hydrogen-bond acceptors (Lipinski definition) is 5. The molecule has 0 radical (unpaired) electrons. The Balaban J connectivity index is 1.70. The smallest absolute Gasteiger partial charge is 0.312 e. The monoisotopic (exact) mass is 591 g/mol. The number of ether oxygens (including phenoxy) is 1. The lowest BCUT2D eigenvalue weighted by Crippen LogP contribution is -2.48. The maximum Gasteiger partial charge on any atom is 0.312 e. The molecule has 230 valence electrons. The van der Waals surface area contributed by atoms with Gasteiger partial charge in [-0.05, 0) is 95.2 Å². The summed E-state index contributed by atoms with van der Waals surface area (Å²) in [5, 5.41) is 0.528. The number of aromatic nitrogens is 1. The summed E-state index contributed by atoms with van der Waals surface area (Å²) in [7, 11) is 3.03. The van der Waals surface area contributed by atoms with Gasteiger partial charge in [0.2, 0.25) is 5.78 Å². The van der Waals surface area contributed by atoms with Crippen molar-refractivity contribution >= 4 is 34.5 Å². The Bertz CT molecular complexity index is 1550. The summed E-state index contributed by atoms with van der Waals surface area (Å²) in [6.07, 6.45) is 1.59. The van der Waals surface area contributed by atoms with Crippen LogP contribution in [0.4, 0.5) is 4.39 Å². The Morgan fingerprint density at radius 1 is 1.02 bits per heavy atom. The van der Waals surface area contributed by atoms with Crippen molar-refractivity contribution in [3.8, 4) is 0 Å². The molecule has 1 aliphatic rings. The third-order valence-corrected chi connectivity index (χ3v) is 8.47. The summed E-state index contributed by atoms with van der Waals surface area (Å²) < 4.78 is 20.8. The predicted octanol–water partition coefficient (Wildman–Crippen LogP) is 5.64. The van der Waals surface area contributed by atoms with Crippen molar-refractivity contribution < 1.29 is 28.3 Å². The van der Waals surface area contributed by atoms with E-state index in [9.17, 15) is 23.6 Å². The predicted molar refractivity (Wildman–Crippen MR) is 163 cm³/mol. The van der Waals surface area contributed by atoms with Crippen LogP contribution >= 0.6 is 0 Å². The third-order valence-electron chi connectivity index (χ3n) is 8.47. The van der Waals surface area contributed by atoms with E-state index in [1.165, 1.54) is 31.1 Å². The highest BCUT2D eigenvalue weighted by molar-refractivity contribution is 6.43. The molecule has 0 saturated carbocycles. The highest BCUT2D eigenvalue weighted by Crippen LogP contribution is 2.35. The molecule has 2 aromatic carbocycles. The van der Waals surface area contributed by atoms with Crippen LogP contribution in [0.5, 0.6) is 0 Å². The van der Waals surface area contributed by atoms with Gasteiger partial charge in [0.25, 0.3) is 11.8 Å². The number of nitrogens with zero attached hydrogens (tertiary/aromatic N) is 3. The van der Waals surface area contributed by atoms with E-state index in [0.29, 0.717) is 34.6 Å². The van der Waals surface area contributed by atoms with Crippen LogP contribution in [0, 0.1) is 30.0 Å². The number of carbonyl (C=O) groups excluding carboxylic acids is 4. The SMILES string of the molecule is Cc1c(C(=O)N2C[C@H](C)C(Cc3ccc(F)cc3)C[C@H]2C)c2cc(C(=O)C(=O)N(C)C)ccc2n1COC(=O)C(C)(C)C. The minimum atomic E-state index is -0.703. The first-order valence-electron chi connectivity index (χ1n) is 14.7. The van der Waals surface area contributed by atoms with Gasteiger partial charge < -0.3 is 19.1 Å². The fourth-order valence-electron chi connectivity index (χ4n) is 5.80. The number of likely N-dealkylation sites (tertiary alicyclic amines) is 1. The molecule has 0 N–H and O–H groups in total. The number of ketones is 1. The van der Waals surface area contributed by atoms with E-state index in [1.54, 1.807) is 50.5 Å². The van der Waals surface area contributed by atoms with E-state index >= 15 is 0 Å². The molecule has 1 aromatic heterocycles. The number of amides is 2. The highest BCUT2D eigenvalue weighted by Gasteiger charge is 2.36. The zero-order chi connectivity index (χ0) is 31.8. The van der Waals surface area contributed by atoms with Gasteiger partial charge in [-0.1, -0.05) is 19.1 Å². The first kappa shape index (κ1) is 31.9. The second-order valence-electron chi connectivity index (χ2n) is 13.1. The maximum atomic E-state index is 14.3. The van der Waals surface area contributed by atoms with Crippen LogP contribution < -0.4 is 0 Å². The summed E-state index contributed by atoms with van der Waals surface area (Å²) in [4.78, 5) is 55.4. The summed E-state index contributed by atoms with van der Waals surface area (Å²) in [5.41, 5.74) is 2.21. The Hall–Kier alpha value is -4.01. The largest absolute Gasteiger partial charge is 0.443 e. The fraction of sp³-hybridized carbons (Fsp3) is 0.471. The molecule has 8 nitrogen and oxygen atoms in total. The molecule has 1 unspecified atom stereocenters. The number of piperidine rings is 1. The average Bonchev–Trinajstić information content (AvgIpc) is 3.22. The number of rotatable bonds is 7. The van der Waals surface area contributed by atoms with Gasteiger partial charge in [-0.25, -0.2) is 4.39 Å². The summed E-state index contributed by atoms with van der Waals surface area (Å²) in [6, 6.07) is 11.4. The maximum absolute atomic E-state index is 14.3. The van der Waals surface area contributed by atoms with Crippen LogP contribution in [-0.4, -0.2) is 64.6 Å². The van der Waals surface area contributed by atoms with E-state index in [-0.39, 0.29) is 41.9 Å². The molecule has 2 amide bonds. The van der Waals surface area contributed by atoms with Crippen LogP contribution in [0.1, 0.15) is 73.0 Å². The van der Waals surface area contributed by atoms with Crippen molar-refractivity contribution in [3.05, 3.63) is 70.7 Å². The van der Waals surface area contributed by atoms with Crippen molar-refractivity contribution in [1.29, 1.82) is 0 Å². The number of esters is 1. The normalized spacial score (nSPS) is 18.9. The van der Waals surface area contributed by atoms with Crippen molar-refractivity contribution in [3.63, 3.8) is 0 Å². The Kier molecular flexibility index (Phi) is 9.13. The third kappa shape index (κ3) is 6.65. The Morgan fingerprint density at radius 3 is 2.28 bits per heavy atom. The van der Waals surface area contributed by atoms with E-state index in [1.807, 2.05) is 24.0 Å². The summed E-state index contributed by atoms with van der Waals surface area (Å²) >= 11 is 0. The van der Waals surface area contributed by atoms with E-state index in [4.69, 9.17) is 4.74 Å². The molecule has 1 fully saturated rings. The van der Waals surface area contributed by atoms with Gasteiger partial charge in [-0.3, -0.25) is 19.2 Å². The molecule has 2 heterocycles. The minimum Gasteiger partial charge on any atom is -0.443 e. The number of halogens is 1. The number of hydrogen-bond donors (Lipinski definition) is 0. The Morgan fingerprint density at radius 2 is 1.67 bits per heavy atom. The van der Waals surface area contributed by atoms with Crippen molar-refractivity contribution in [2.75, 3.05) is 20.6 Å². The van der Waals surface area contributed by atoms with Crippen LogP contribution in [0.25, 0.3) is 10.9 Å². The summed E-state index contributed by atoms with van der Waals surface area (Å²) in [5.74, 6) is -1.62. The van der Waals surface area contributed by atoms with Gasteiger partial charge in [0, 0.05) is 43.3 Å². The molecule has 9 heteroatoms. The van der Waals surface area contributed by atoms with Gasteiger partial charge in [-0.2, -0.15) is 0 Å². The zero-order valence-electron chi connectivity index (χ0n) is 26.4. The molecule has 3 atom stereocenters. The molecule has 1 saturated heterocycles. The van der Waals surface area contributed by atoms with Gasteiger partial charge in [0.1, 0.15) is 5.82 Å². The number of benzene rings is 2. The minimum absolute atomic E-state index is 0.0641. The van der Waals surface area contributed by atoms with Gasteiger partial charge in [0.05, 0.1) is 16.5 Å². The number of fused-ring (bicyclic) bond motifs is 1. The van der Waals surface area contributed by atoms with Crippen LogP contribution in [0.15, 0.2) is 42.5 Å². The second-order valence-corrected chi connectivity index (χ2v) is 13.1. The average molecular weight is 592 g/mol. The first-order valence-corrected chi connectivity index (χ1v) is 14.7. The molecular weight excluding hydrogens is 549 g/mol. The van der Waals surface area contributed by atoms with Crippen molar-refractivity contribution in [1.82, 2.24) is 14.4 Å². The lowest BCUT2D eigenvalue weighted by atomic mass is 9.79. The van der Waals surface area contributed by atoms with Crippen LogP contribution in [-0.2, 0) is 27.5 Å². The first-order chi connectivity index (χ1) is 20.1. The second kappa shape index (κ2) is 12.3. The van der Waals surface area contributed by atoms with Crippen molar-refractivity contribution in [2.45, 2.75) is 67.2 Å². The van der Waals surface area contributed by atoms with E-state index in [2.05, 4.69) is 6.92 Å².